The maximum absolute atomic E-state index is 5.57. The first-order valence-electron chi connectivity index (χ1n) is 2.39. The minimum atomic E-state index is 0.389. The molecule has 0 fully saturated rings. The van der Waals surface area contributed by atoms with E-state index in [4.69, 9.17) is 18.0 Å². The number of rotatable bonds is 0. The number of nitrogens with zero attached hydrogens (tertiary/aromatic N) is 2. The van der Waals surface area contributed by atoms with Gasteiger partial charge < -0.3 is 4.57 Å². The molecule has 0 aromatic carbocycles. The lowest BCUT2D eigenvalue weighted by molar-refractivity contribution is 0.899. The molecule has 0 aliphatic carbocycles. The van der Waals surface area contributed by atoms with Crippen molar-refractivity contribution in [3.05, 3.63) is 17.2 Å². The summed E-state index contributed by atoms with van der Waals surface area (Å²) in [5, 5.41) is 0.389. The molecule has 0 aliphatic heterocycles. The van der Waals surface area contributed by atoms with Crippen molar-refractivity contribution in [2.45, 2.75) is 0 Å². The van der Waals surface area contributed by atoms with Crippen LogP contribution in [0, 0.1) is 12.3 Å². The molecule has 1 heterocycles. The predicted molar refractivity (Wildman–Crippen MR) is 36.2 cm³/mol. The lowest BCUT2D eigenvalue weighted by atomic mass is 10.5. The molecule has 0 saturated carbocycles. The SMILES string of the molecule is C#Cc1c(Cl)ncn1C. The highest BCUT2D eigenvalue weighted by Crippen LogP contribution is 2.09. The van der Waals surface area contributed by atoms with Crippen LogP contribution >= 0.6 is 11.6 Å². The average Bonchev–Trinajstić information content (AvgIpc) is 2.12. The molecule has 3 heteroatoms. The van der Waals surface area contributed by atoms with Crippen molar-refractivity contribution in [2.24, 2.45) is 7.05 Å². The van der Waals surface area contributed by atoms with Crippen LogP contribution < -0.4 is 0 Å². The van der Waals surface area contributed by atoms with Crippen LogP contribution in [0.25, 0.3) is 0 Å². The Hall–Kier alpha value is -0.940. The van der Waals surface area contributed by atoms with Crippen molar-refractivity contribution in [3.8, 4) is 12.3 Å². The Bertz CT molecular complexity index is 237. The van der Waals surface area contributed by atoms with Crippen LogP contribution in [0.5, 0.6) is 0 Å². The van der Waals surface area contributed by atoms with E-state index >= 15 is 0 Å². The molecule has 0 bridgehead atoms. The number of terminal acetylenes is 1. The number of imidazole rings is 1. The van der Waals surface area contributed by atoms with Gasteiger partial charge in [-0.2, -0.15) is 0 Å². The summed E-state index contributed by atoms with van der Waals surface area (Å²) in [7, 11) is 1.80. The molecule has 2 nitrogen and oxygen atoms in total. The Labute approximate surface area is 58.5 Å². The van der Waals surface area contributed by atoms with E-state index in [0.29, 0.717) is 10.8 Å². The number of aromatic nitrogens is 2. The molecule has 9 heavy (non-hydrogen) atoms. The van der Waals surface area contributed by atoms with Crippen LogP contribution in [0.1, 0.15) is 5.69 Å². The highest BCUT2D eigenvalue weighted by atomic mass is 35.5. The quantitative estimate of drug-likeness (QED) is 0.493. The number of hydrogen-bond acceptors (Lipinski definition) is 1. The van der Waals surface area contributed by atoms with Crippen molar-refractivity contribution in [1.29, 1.82) is 0 Å². The fraction of sp³-hybridized carbons (Fsp3) is 0.167. The molecule has 46 valence electrons. The van der Waals surface area contributed by atoms with Gasteiger partial charge in [0.1, 0.15) is 5.69 Å². The summed E-state index contributed by atoms with van der Waals surface area (Å²) < 4.78 is 1.70. The van der Waals surface area contributed by atoms with Gasteiger partial charge in [0.05, 0.1) is 6.33 Å². The van der Waals surface area contributed by atoms with Gasteiger partial charge in [0.25, 0.3) is 0 Å². The molecule has 0 spiro atoms. The van der Waals surface area contributed by atoms with Crippen molar-refractivity contribution in [1.82, 2.24) is 9.55 Å². The van der Waals surface area contributed by atoms with E-state index in [2.05, 4.69) is 10.9 Å². The average molecular weight is 141 g/mol. The van der Waals surface area contributed by atoms with Gasteiger partial charge in [-0.1, -0.05) is 11.6 Å². The summed E-state index contributed by atoms with van der Waals surface area (Å²) in [6.07, 6.45) is 6.68. The summed E-state index contributed by atoms with van der Waals surface area (Å²) in [6.45, 7) is 0. The first-order chi connectivity index (χ1) is 4.25. The van der Waals surface area contributed by atoms with Crippen LogP contribution in [-0.2, 0) is 7.05 Å². The van der Waals surface area contributed by atoms with E-state index in [9.17, 15) is 0 Å². The van der Waals surface area contributed by atoms with E-state index in [-0.39, 0.29) is 0 Å². The molecular weight excluding hydrogens is 136 g/mol. The van der Waals surface area contributed by atoms with E-state index in [1.807, 2.05) is 0 Å². The number of hydrogen-bond donors (Lipinski definition) is 0. The zero-order chi connectivity index (χ0) is 6.85. The van der Waals surface area contributed by atoms with Crippen molar-refractivity contribution >= 4 is 11.6 Å². The first kappa shape index (κ1) is 6.18. The Morgan fingerprint density at radius 3 is 2.78 bits per heavy atom. The Morgan fingerprint density at radius 1 is 1.89 bits per heavy atom. The molecular formula is C6H5ClN2. The molecule has 0 amide bonds. The zero-order valence-corrected chi connectivity index (χ0v) is 5.68. The third kappa shape index (κ3) is 0.914. The smallest absolute Gasteiger partial charge is 0.163 e. The molecule has 1 rings (SSSR count). The monoisotopic (exact) mass is 140 g/mol. The van der Waals surface area contributed by atoms with Crippen LogP contribution in [0.3, 0.4) is 0 Å². The third-order valence-corrected chi connectivity index (χ3v) is 1.31. The van der Waals surface area contributed by atoms with E-state index in [0.717, 1.165) is 0 Å². The van der Waals surface area contributed by atoms with Gasteiger partial charge in [0.2, 0.25) is 0 Å². The van der Waals surface area contributed by atoms with Crippen molar-refractivity contribution < 1.29 is 0 Å². The molecule has 0 unspecified atom stereocenters. The summed E-state index contributed by atoms with van der Waals surface area (Å²) >= 11 is 5.57. The maximum atomic E-state index is 5.57. The van der Waals surface area contributed by atoms with Crippen LogP contribution in [0.2, 0.25) is 5.15 Å². The molecule has 0 saturated heterocycles. The lowest BCUT2D eigenvalue weighted by Crippen LogP contribution is -1.87. The molecule has 0 atom stereocenters. The molecule has 0 aliphatic rings. The Balaban J connectivity index is 3.27. The van der Waals surface area contributed by atoms with Gasteiger partial charge in [0.15, 0.2) is 5.15 Å². The summed E-state index contributed by atoms with van der Waals surface area (Å²) in [5.74, 6) is 2.41. The molecule has 0 N–H and O–H groups in total. The Morgan fingerprint density at radius 2 is 2.56 bits per heavy atom. The summed E-state index contributed by atoms with van der Waals surface area (Å²) in [5.41, 5.74) is 0.622. The third-order valence-electron chi connectivity index (χ3n) is 1.03. The van der Waals surface area contributed by atoms with Gasteiger partial charge in [-0.05, 0) is 5.92 Å². The predicted octanol–water partition coefficient (Wildman–Crippen LogP) is 1.05. The second kappa shape index (κ2) is 2.12. The largest absolute Gasteiger partial charge is 0.326 e. The first-order valence-corrected chi connectivity index (χ1v) is 2.77. The van der Waals surface area contributed by atoms with Crippen molar-refractivity contribution in [2.75, 3.05) is 0 Å². The fourth-order valence-corrected chi connectivity index (χ4v) is 0.795. The summed E-state index contributed by atoms with van der Waals surface area (Å²) in [6, 6.07) is 0. The second-order valence-electron chi connectivity index (χ2n) is 1.64. The summed E-state index contributed by atoms with van der Waals surface area (Å²) in [4.78, 5) is 3.77. The van der Waals surface area contributed by atoms with Crippen LogP contribution in [0.15, 0.2) is 6.33 Å². The zero-order valence-electron chi connectivity index (χ0n) is 4.93. The van der Waals surface area contributed by atoms with Gasteiger partial charge in [-0.25, -0.2) is 4.98 Å². The van der Waals surface area contributed by atoms with Crippen molar-refractivity contribution in [3.63, 3.8) is 0 Å². The van der Waals surface area contributed by atoms with E-state index in [1.165, 1.54) is 0 Å². The van der Waals surface area contributed by atoms with Crippen LogP contribution in [0.4, 0.5) is 0 Å². The van der Waals surface area contributed by atoms with Crippen LogP contribution in [-0.4, -0.2) is 9.55 Å². The highest BCUT2D eigenvalue weighted by Gasteiger charge is 2.00. The molecule has 1 aromatic rings. The maximum Gasteiger partial charge on any atom is 0.163 e. The number of aryl methyl sites for hydroxylation is 1. The van der Waals surface area contributed by atoms with Gasteiger partial charge in [0, 0.05) is 7.05 Å². The molecule has 1 aromatic heterocycles. The fourth-order valence-electron chi connectivity index (χ4n) is 0.563. The van der Waals surface area contributed by atoms with E-state index in [1.54, 1.807) is 17.9 Å². The highest BCUT2D eigenvalue weighted by molar-refractivity contribution is 6.30. The second-order valence-corrected chi connectivity index (χ2v) is 2.00. The molecule has 0 radical (unpaired) electrons. The minimum Gasteiger partial charge on any atom is -0.326 e. The normalized spacial score (nSPS) is 9.00. The van der Waals surface area contributed by atoms with Gasteiger partial charge >= 0.3 is 0 Å². The van der Waals surface area contributed by atoms with Gasteiger partial charge in [-0.3, -0.25) is 0 Å². The van der Waals surface area contributed by atoms with E-state index < -0.39 is 0 Å². The number of halogens is 1. The lowest BCUT2D eigenvalue weighted by Gasteiger charge is -1.88. The Kier molecular flexibility index (Phi) is 1.46. The topological polar surface area (TPSA) is 17.8 Å². The minimum absolute atomic E-state index is 0.389. The standard InChI is InChI=1S/C6H5ClN2/c1-3-5-6(7)8-4-9(5)2/h1,4H,2H3. The van der Waals surface area contributed by atoms with Gasteiger partial charge in [-0.15, -0.1) is 6.42 Å².